The van der Waals surface area contributed by atoms with E-state index in [2.05, 4.69) is 20.9 Å². The van der Waals surface area contributed by atoms with Crippen LogP contribution in [0.25, 0.3) is 0 Å². The van der Waals surface area contributed by atoms with Crippen molar-refractivity contribution in [2.24, 2.45) is 5.73 Å². The molecule has 0 unspecified atom stereocenters. The average molecular weight is 322 g/mol. The van der Waals surface area contributed by atoms with Gasteiger partial charge in [0, 0.05) is 10.5 Å². The molecule has 1 heterocycles. The van der Waals surface area contributed by atoms with Crippen LogP contribution < -0.4 is 16.2 Å². The number of anilines is 1. The number of benzene rings is 1. The summed E-state index contributed by atoms with van der Waals surface area (Å²) in [6.45, 7) is 1.91. The Balaban J connectivity index is 2.33. The lowest BCUT2D eigenvalue weighted by Crippen LogP contribution is -2.13. The van der Waals surface area contributed by atoms with Crippen LogP contribution in [-0.4, -0.2) is 10.9 Å². The Morgan fingerprint density at radius 2 is 2.11 bits per heavy atom. The van der Waals surface area contributed by atoms with E-state index in [1.807, 2.05) is 19.1 Å². The lowest BCUT2D eigenvalue weighted by molar-refractivity contribution is 0.100. The SMILES string of the molecule is Cc1cc(Br)ccc1Oc1cc(C(N)=O)c(N)cn1. The lowest BCUT2D eigenvalue weighted by atomic mass is 10.2. The molecule has 0 fully saturated rings. The van der Waals surface area contributed by atoms with Crippen LogP contribution in [0, 0.1) is 6.92 Å². The largest absolute Gasteiger partial charge is 0.439 e. The third-order valence-electron chi connectivity index (χ3n) is 2.53. The van der Waals surface area contributed by atoms with Crippen LogP contribution in [0.15, 0.2) is 34.9 Å². The van der Waals surface area contributed by atoms with Crippen molar-refractivity contribution in [1.82, 2.24) is 4.98 Å². The molecule has 0 bridgehead atoms. The van der Waals surface area contributed by atoms with Crippen LogP contribution in [0.1, 0.15) is 15.9 Å². The van der Waals surface area contributed by atoms with E-state index < -0.39 is 5.91 Å². The molecule has 0 spiro atoms. The van der Waals surface area contributed by atoms with Crippen molar-refractivity contribution in [3.63, 3.8) is 0 Å². The van der Waals surface area contributed by atoms with Crippen LogP contribution in [0.2, 0.25) is 0 Å². The molecule has 1 aromatic heterocycles. The fourth-order valence-electron chi connectivity index (χ4n) is 1.56. The highest BCUT2D eigenvalue weighted by molar-refractivity contribution is 9.10. The van der Waals surface area contributed by atoms with Gasteiger partial charge in [0.05, 0.1) is 17.4 Å². The zero-order chi connectivity index (χ0) is 14.0. The van der Waals surface area contributed by atoms with E-state index in [0.717, 1.165) is 10.0 Å². The molecule has 1 amide bonds. The third-order valence-corrected chi connectivity index (χ3v) is 3.02. The molecule has 5 nitrogen and oxygen atoms in total. The van der Waals surface area contributed by atoms with Gasteiger partial charge in [0.2, 0.25) is 5.88 Å². The minimum absolute atomic E-state index is 0.194. The molecular formula is C13H12BrN3O2. The Morgan fingerprint density at radius 1 is 1.37 bits per heavy atom. The molecule has 0 atom stereocenters. The minimum atomic E-state index is -0.614. The molecule has 1 aromatic carbocycles. The second kappa shape index (κ2) is 5.27. The van der Waals surface area contributed by atoms with Gasteiger partial charge in [0.1, 0.15) is 5.75 Å². The molecule has 0 aliphatic carbocycles. The summed E-state index contributed by atoms with van der Waals surface area (Å²) in [7, 11) is 0. The average Bonchev–Trinajstić information content (AvgIpc) is 2.34. The molecule has 0 saturated heterocycles. The van der Waals surface area contributed by atoms with Gasteiger partial charge in [-0.05, 0) is 30.7 Å². The molecule has 0 aliphatic rings. The van der Waals surface area contributed by atoms with Gasteiger partial charge in [-0.1, -0.05) is 15.9 Å². The predicted octanol–water partition coefficient (Wildman–Crippen LogP) is 2.63. The number of nitrogens with zero attached hydrogens (tertiary/aromatic N) is 1. The summed E-state index contributed by atoms with van der Waals surface area (Å²) in [6, 6.07) is 7.01. The first kappa shape index (κ1) is 13.4. The van der Waals surface area contributed by atoms with E-state index in [0.29, 0.717) is 5.75 Å². The minimum Gasteiger partial charge on any atom is -0.439 e. The van der Waals surface area contributed by atoms with Gasteiger partial charge in [-0.2, -0.15) is 0 Å². The van der Waals surface area contributed by atoms with E-state index in [9.17, 15) is 4.79 Å². The Bertz CT molecular complexity index is 644. The van der Waals surface area contributed by atoms with Gasteiger partial charge in [0.15, 0.2) is 0 Å². The zero-order valence-corrected chi connectivity index (χ0v) is 11.8. The standard InChI is InChI=1S/C13H12BrN3O2/c1-7-4-8(14)2-3-11(7)19-12-5-9(13(16)18)10(15)6-17-12/h2-6H,15H2,1H3,(H2,16,18). The maximum Gasteiger partial charge on any atom is 0.251 e. The fourth-order valence-corrected chi connectivity index (χ4v) is 2.03. The van der Waals surface area contributed by atoms with Crippen molar-refractivity contribution in [2.45, 2.75) is 6.92 Å². The van der Waals surface area contributed by atoms with Gasteiger partial charge in [-0.15, -0.1) is 0 Å². The van der Waals surface area contributed by atoms with Crippen LogP contribution in [0.4, 0.5) is 5.69 Å². The highest BCUT2D eigenvalue weighted by Gasteiger charge is 2.10. The number of halogens is 1. The smallest absolute Gasteiger partial charge is 0.251 e. The van der Waals surface area contributed by atoms with E-state index in [-0.39, 0.29) is 17.1 Å². The summed E-state index contributed by atoms with van der Waals surface area (Å²) < 4.78 is 6.57. The highest BCUT2D eigenvalue weighted by atomic mass is 79.9. The first-order valence-corrected chi connectivity index (χ1v) is 6.26. The Morgan fingerprint density at radius 3 is 2.74 bits per heavy atom. The van der Waals surface area contributed by atoms with Crippen molar-refractivity contribution in [3.8, 4) is 11.6 Å². The number of amides is 1. The van der Waals surface area contributed by atoms with Crippen molar-refractivity contribution in [3.05, 3.63) is 46.1 Å². The van der Waals surface area contributed by atoms with Gasteiger partial charge >= 0.3 is 0 Å². The van der Waals surface area contributed by atoms with E-state index in [4.69, 9.17) is 16.2 Å². The van der Waals surface area contributed by atoms with Gasteiger partial charge in [0.25, 0.3) is 5.91 Å². The number of pyridine rings is 1. The lowest BCUT2D eigenvalue weighted by Gasteiger charge is -2.09. The summed E-state index contributed by atoms with van der Waals surface area (Å²) >= 11 is 3.37. The summed E-state index contributed by atoms with van der Waals surface area (Å²) in [4.78, 5) is 15.2. The van der Waals surface area contributed by atoms with Crippen LogP contribution in [0.5, 0.6) is 11.6 Å². The number of carbonyl (C=O) groups excluding carboxylic acids is 1. The Labute approximate surface area is 118 Å². The topological polar surface area (TPSA) is 91.2 Å². The molecule has 0 saturated carbocycles. The highest BCUT2D eigenvalue weighted by Crippen LogP contribution is 2.27. The number of aromatic nitrogens is 1. The summed E-state index contributed by atoms with van der Waals surface area (Å²) in [5.41, 5.74) is 12.2. The number of nitrogens with two attached hydrogens (primary N) is 2. The second-order valence-corrected chi connectivity index (χ2v) is 4.90. The normalized spacial score (nSPS) is 10.2. The van der Waals surface area contributed by atoms with Gasteiger partial charge < -0.3 is 16.2 Å². The number of ether oxygens (including phenoxy) is 1. The number of hydrogen-bond donors (Lipinski definition) is 2. The van der Waals surface area contributed by atoms with Gasteiger partial charge in [-0.25, -0.2) is 4.98 Å². The first-order valence-electron chi connectivity index (χ1n) is 5.46. The van der Waals surface area contributed by atoms with E-state index >= 15 is 0 Å². The summed E-state index contributed by atoms with van der Waals surface area (Å²) in [5, 5.41) is 0. The van der Waals surface area contributed by atoms with Crippen molar-refractivity contribution in [2.75, 3.05) is 5.73 Å². The Kier molecular flexibility index (Phi) is 3.71. The quantitative estimate of drug-likeness (QED) is 0.909. The number of nitrogen functional groups attached to an aromatic ring is 1. The molecule has 19 heavy (non-hydrogen) atoms. The van der Waals surface area contributed by atoms with E-state index in [1.165, 1.54) is 12.3 Å². The monoisotopic (exact) mass is 321 g/mol. The number of primary amides is 1. The zero-order valence-electron chi connectivity index (χ0n) is 10.2. The molecular weight excluding hydrogens is 310 g/mol. The second-order valence-electron chi connectivity index (χ2n) is 3.99. The number of rotatable bonds is 3. The molecule has 2 aromatic rings. The maximum absolute atomic E-state index is 11.2. The molecule has 0 aliphatic heterocycles. The summed E-state index contributed by atoms with van der Waals surface area (Å²) in [5.74, 6) is 0.307. The summed E-state index contributed by atoms with van der Waals surface area (Å²) in [6.07, 6.45) is 1.35. The number of hydrogen-bond acceptors (Lipinski definition) is 4. The van der Waals surface area contributed by atoms with E-state index in [1.54, 1.807) is 6.07 Å². The van der Waals surface area contributed by atoms with Gasteiger partial charge in [-0.3, -0.25) is 4.79 Å². The van der Waals surface area contributed by atoms with Crippen LogP contribution in [-0.2, 0) is 0 Å². The van der Waals surface area contributed by atoms with Crippen molar-refractivity contribution >= 4 is 27.5 Å². The molecule has 98 valence electrons. The number of carbonyl (C=O) groups is 1. The van der Waals surface area contributed by atoms with Crippen molar-refractivity contribution in [1.29, 1.82) is 0 Å². The van der Waals surface area contributed by atoms with Crippen LogP contribution >= 0.6 is 15.9 Å². The maximum atomic E-state index is 11.2. The van der Waals surface area contributed by atoms with Crippen LogP contribution in [0.3, 0.4) is 0 Å². The molecule has 4 N–H and O–H groups in total. The Hall–Kier alpha value is -2.08. The first-order chi connectivity index (χ1) is 8.97. The fraction of sp³-hybridized carbons (Fsp3) is 0.0769. The third kappa shape index (κ3) is 3.03. The number of aryl methyl sites for hydroxylation is 1. The molecule has 6 heteroatoms. The molecule has 0 radical (unpaired) electrons. The predicted molar refractivity (Wildman–Crippen MR) is 76.1 cm³/mol. The molecule has 2 rings (SSSR count). The van der Waals surface area contributed by atoms with Crippen molar-refractivity contribution < 1.29 is 9.53 Å².